The van der Waals surface area contributed by atoms with E-state index in [4.69, 9.17) is 18.9 Å². The van der Waals surface area contributed by atoms with E-state index in [9.17, 15) is 9.59 Å². The topological polar surface area (TPSA) is 83.1 Å². The highest BCUT2D eigenvalue weighted by atomic mass is 33.1. The first-order valence-corrected chi connectivity index (χ1v) is 19.2. The summed E-state index contributed by atoms with van der Waals surface area (Å²) in [7, 11) is 6.92. The lowest BCUT2D eigenvalue weighted by atomic mass is 9.80. The Morgan fingerprint density at radius 3 is 1.87 bits per heavy atom. The Morgan fingerprint density at radius 1 is 0.745 bits per heavy atom. The zero-order valence-corrected chi connectivity index (χ0v) is 29.4. The van der Waals surface area contributed by atoms with E-state index in [0.717, 1.165) is 64.9 Å². The number of nitrogens with one attached hydrogen (secondary N) is 1. The largest absolute Gasteiger partial charge is 0.497 e. The van der Waals surface area contributed by atoms with Gasteiger partial charge in [0.05, 0.1) is 27.2 Å². The van der Waals surface area contributed by atoms with E-state index in [1.165, 1.54) is 25.7 Å². The Kier molecular flexibility index (Phi) is 15.8. The van der Waals surface area contributed by atoms with Crippen molar-refractivity contribution in [3.63, 3.8) is 0 Å². The minimum atomic E-state index is -0.808. The molecule has 0 aromatic heterocycles. The minimum Gasteiger partial charge on any atom is -0.497 e. The molecule has 1 aliphatic rings. The highest BCUT2D eigenvalue weighted by molar-refractivity contribution is 8.76. The van der Waals surface area contributed by atoms with E-state index in [2.05, 4.69) is 41.7 Å². The Labute approximate surface area is 288 Å². The normalized spacial score (nSPS) is 13.1. The number of esters is 1. The van der Waals surface area contributed by atoms with Crippen LogP contribution in [0.1, 0.15) is 74.5 Å². The number of carbonyl (C=O) groups is 2. The van der Waals surface area contributed by atoms with Gasteiger partial charge in [0, 0.05) is 31.1 Å². The third-order valence-electron chi connectivity index (χ3n) is 8.47. The van der Waals surface area contributed by atoms with Crippen LogP contribution in [0.5, 0.6) is 11.5 Å². The van der Waals surface area contributed by atoms with Crippen LogP contribution in [-0.2, 0) is 24.7 Å². The summed E-state index contributed by atoms with van der Waals surface area (Å²) < 4.78 is 23.1. The number of hydrogen-bond acceptors (Lipinski definition) is 8. The van der Waals surface area contributed by atoms with Crippen LogP contribution in [0.25, 0.3) is 0 Å². The molecule has 0 saturated heterocycles. The average molecular weight is 680 g/mol. The van der Waals surface area contributed by atoms with Crippen molar-refractivity contribution in [1.29, 1.82) is 0 Å². The summed E-state index contributed by atoms with van der Waals surface area (Å²) in [6, 6.07) is 26.5. The monoisotopic (exact) mass is 679 g/mol. The molecule has 0 aliphatic heterocycles. The standard InChI is InChI=1S/C38H49NO6S2/c1-42-34-19-15-32(16-20-34)38(31-13-4-3-5-14-31,33-17-21-35(43-2)22-18-33)45-27-9-29-47-46-28-8-26-44-37(41)24-23-36(40)39-25-7-12-30-10-6-11-30/h3-5,13-22,30H,6-12,23-29H2,1-2H3,(H,39,40). The fraction of sp³-hybridized carbons (Fsp3) is 0.474. The summed E-state index contributed by atoms with van der Waals surface area (Å²) in [6.07, 6.45) is 8.20. The Hall–Kier alpha value is -3.14. The predicted octanol–water partition coefficient (Wildman–Crippen LogP) is 8.19. The highest BCUT2D eigenvalue weighted by Gasteiger charge is 2.37. The number of ether oxygens (including phenoxy) is 4. The molecule has 47 heavy (non-hydrogen) atoms. The van der Waals surface area contributed by atoms with Crippen molar-refractivity contribution in [2.24, 2.45) is 5.92 Å². The van der Waals surface area contributed by atoms with Gasteiger partial charge in [-0.3, -0.25) is 9.59 Å². The third-order valence-corrected chi connectivity index (χ3v) is 11.1. The van der Waals surface area contributed by atoms with Gasteiger partial charge in [0.25, 0.3) is 0 Å². The number of methoxy groups -OCH3 is 2. The lowest BCUT2D eigenvalue weighted by Crippen LogP contribution is -2.33. The number of benzene rings is 3. The van der Waals surface area contributed by atoms with E-state index >= 15 is 0 Å². The molecule has 254 valence electrons. The summed E-state index contributed by atoms with van der Waals surface area (Å²) in [4.78, 5) is 24.0. The molecule has 3 aromatic rings. The van der Waals surface area contributed by atoms with E-state index < -0.39 is 5.60 Å². The number of carbonyl (C=O) groups excluding carboxylic acids is 2. The van der Waals surface area contributed by atoms with E-state index in [1.54, 1.807) is 35.8 Å². The molecule has 0 heterocycles. The third kappa shape index (κ3) is 11.5. The maximum atomic E-state index is 12.0. The van der Waals surface area contributed by atoms with Crippen LogP contribution >= 0.6 is 21.6 Å². The van der Waals surface area contributed by atoms with Gasteiger partial charge in [-0.1, -0.05) is 95.4 Å². The Bertz CT molecular complexity index is 1290. The van der Waals surface area contributed by atoms with Crippen molar-refractivity contribution in [3.05, 3.63) is 95.6 Å². The maximum Gasteiger partial charge on any atom is 0.306 e. The van der Waals surface area contributed by atoms with Crippen LogP contribution in [0.15, 0.2) is 78.9 Å². The van der Waals surface area contributed by atoms with E-state index in [-0.39, 0.29) is 24.7 Å². The average Bonchev–Trinajstić information content (AvgIpc) is 3.09. The van der Waals surface area contributed by atoms with Crippen LogP contribution < -0.4 is 14.8 Å². The summed E-state index contributed by atoms with van der Waals surface area (Å²) >= 11 is 0. The van der Waals surface area contributed by atoms with Crippen molar-refractivity contribution < 1.29 is 28.5 Å². The van der Waals surface area contributed by atoms with Gasteiger partial charge in [0.1, 0.15) is 17.1 Å². The van der Waals surface area contributed by atoms with Crippen LogP contribution in [0, 0.1) is 5.92 Å². The molecule has 3 aromatic carbocycles. The van der Waals surface area contributed by atoms with Gasteiger partial charge in [-0.05, 0) is 72.6 Å². The summed E-state index contributed by atoms with van der Waals surface area (Å²) in [5.41, 5.74) is 2.28. The molecule has 0 unspecified atom stereocenters. The van der Waals surface area contributed by atoms with Crippen LogP contribution in [0.3, 0.4) is 0 Å². The Morgan fingerprint density at radius 2 is 1.32 bits per heavy atom. The van der Waals surface area contributed by atoms with Gasteiger partial charge < -0.3 is 24.3 Å². The maximum absolute atomic E-state index is 12.0. The first-order valence-electron chi connectivity index (χ1n) is 16.7. The minimum absolute atomic E-state index is 0.0690. The molecule has 1 aliphatic carbocycles. The van der Waals surface area contributed by atoms with Crippen molar-refractivity contribution in [3.8, 4) is 11.5 Å². The molecule has 0 spiro atoms. The Balaban J connectivity index is 1.17. The SMILES string of the molecule is COc1ccc(C(OCCCSSCCCOC(=O)CCC(=O)NCCCC2CCC2)(c2ccccc2)c2ccc(OC)cc2)cc1. The van der Waals surface area contributed by atoms with Crippen LogP contribution in [-0.4, -0.2) is 57.4 Å². The van der Waals surface area contributed by atoms with Gasteiger partial charge in [-0.2, -0.15) is 0 Å². The number of amides is 1. The first kappa shape index (κ1) is 36.7. The van der Waals surface area contributed by atoms with Crippen LogP contribution in [0.2, 0.25) is 0 Å². The molecule has 7 nitrogen and oxygen atoms in total. The molecule has 9 heteroatoms. The predicted molar refractivity (Wildman–Crippen MR) is 192 cm³/mol. The summed E-state index contributed by atoms with van der Waals surface area (Å²) in [6.45, 7) is 1.64. The molecule has 1 saturated carbocycles. The lowest BCUT2D eigenvalue weighted by molar-refractivity contribution is -0.145. The molecule has 1 N–H and O–H groups in total. The fourth-order valence-electron chi connectivity index (χ4n) is 5.62. The molecular weight excluding hydrogens is 631 g/mol. The summed E-state index contributed by atoms with van der Waals surface area (Å²) in [5, 5.41) is 2.92. The zero-order chi connectivity index (χ0) is 33.2. The molecule has 1 amide bonds. The molecule has 0 radical (unpaired) electrons. The van der Waals surface area contributed by atoms with Crippen molar-refractivity contribution in [1.82, 2.24) is 5.32 Å². The molecular formula is C38H49NO6S2. The van der Waals surface area contributed by atoms with E-state index in [1.807, 2.05) is 42.5 Å². The van der Waals surface area contributed by atoms with Gasteiger partial charge in [0.15, 0.2) is 0 Å². The smallest absolute Gasteiger partial charge is 0.306 e. The molecule has 1 fully saturated rings. The van der Waals surface area contributed by atoms with Crippen molar-refractivity contribution in [2.75, 3.05) is 45.5 Å². The number of rotatable bonds is 22. The molecule has 4 rings (SSSR count). The van der Waals surface area contributed by atoms with Gasteiger partial charge in [0.2, 0.25) is 5.91 Å². The lowest BCUT2D eigenvalue weighted by Gasteiger charge is -2.36. The number of hydrogen-bond donors (Lipinski definition) is 1. The second kappa shape index (κ2) is 20.3. The van der Waals surface area contributed by atoms with Crippen molar-refractivity contribution in [2.45, 2.75) is 63.4 Å². The molecule has 0 atom stereocenters. The van der Waals surface area contributed by atoms with Gasteiger partial charge >= 0.3 is 5.97 Å². The van der Waals surface area contributed by atoms with Gasteiger partial charge in [-0.15, -0.1) is 0 Å². The highest BCUT2D eigenvalue weighted by Crippen LogP contribution is 2.42. The van der Waals surface area contributed by atoms with Crippen molar-refractivity contribution >= 4 is 33.5 Å². The summed E-state index contributed by atoms with van der Waals surface area (Å²) in [5.74, 6) is 3.87. The second-order valence-corrected chi connectivity index (χ2v) is 14.4. The fourth-order valence-corrected chi connectivity index (χ4v) is 7.74. The van der Waals surface area contributed by atoms with E-state index in [0.29, 0.717) is 19.8 Å². The van der Waals surface area contributed by atoms with Crippen LogP contribution in [0.4, 0.5) is 0 Å². The first-order chi connectivity index (χ1) is 23.0. The second-order valence-electron chi connectivity index (χ2n) is 11.7. The molecule has 0 bridgehead atoms. The quantitative estimate of drug-likeness (QED) is 0.0493. The zero-order valence-electron chi connectivity index (χ0n) is 27.7. The van der Waals surface area contributed by atoms with Gasteiger partial charge in [-0.25, -0.2) is 0 Å².